The number of nitrogens with two attached hydrogens (primary N) is 2. The minimum absolute atomic E-state index is 0.0202. The van der Waals surface area contributed by atoms with Gasteiger partial charge in [-0.1, -0.05) is 11.6 Å². The number of carbonyl (C=O) groups excluding carboxylic acids is 1. The number of hydrogen-bond acceptors (Lipinski definition) is 9. The third-order valence-electron chi connectivity index (χ3n) is 4.99. The molecule has 5 N–H and O–H groups in total. The van der Waals surface area contributed by atoms with Gasteiger partial charge in [0.05, 0.1) is 10.8 Å². The molecule has 1 aromatic carbocycles. The smallest absolute Gasteiger partial charge is 0.264 e. The number of guanidine groups is 2. The molecule has 1 saturated heterocycles. The van der Waals surface area contributed by atoms with Crippen molar-refractivity contribution < 1.29 is 22.5 Å². The second kappa shape index (κ2) is 11.0. The summed E-state index contributed by atoms with van der Waals surface area (Å²) in [7, 11) is -3.66. The lowest BCUT2D eigenvalue weighted by molar-refractivity contribution is -0.134. The number of anilines is 1. The molecule has 184 valence electrons. The SMILES string of the molecule is CC1(C)N=C(N)N=C(N)N1c1ccc(OCC(=O)N2CCCCC2)c(Cl)c1.CCS(=O)(=O)O. The Bertz CT molecular complexity index is 1020. The first-order valence-corrected chi connectivity index (χ1v) is 12.5. The molecular weight excluding hydrogens is 472 g/mol. The molecule has 11 nitrogen and oxygen atoms in total. The van der Waals surface area contributed by atoms with Crippen molar-refractivity contribution >= 4 is 45.2 Å². The summed E-state index contributed by atoms with van der Waals surface area (Å²) in [5.41, 5.74) is 11.7. The number of rotatable bonds is 5. The van der Waals surface area contributed by atoms with Crippen LogP contribution in [0.1, 0.15) is 40.0 Å². The normalized spacial score (nSPS) is 18.0. The van der Waals surface area contributed by atoms with Crippen molar-refractivity contribution in [2.24, 2.45) is 21.5 Å². The Morgan fingerprint density at radius 3 is 2.36 bits per heavy atom. The maximum atomic E-state index is 12.2. The van der Waals surface area contributed by atoms with Crippen LogP contribution in [0.25, 0.3) is 0 Å². The van der Waals surface area contributed by atoms with E-state index in [9.17, 15) is 13.2 Å². The molecule has 2 aliphatic rings. The number of ether oxygens (including phenoxy) is 1. The molecule has 0 atom stereocenters. The van der Waals surface area contributed by atoms with Crippen LogP contribution < -0.4 is 21.1 Å². The fraction of sp³-hybridized carbons (Fsp3) is 0.550. The molecule has 0 radical (unpaired) electrons. The zero-order chi connectivity index (χ0) is 24.8. The lowest BCUT2D eigenvalue weighted by Crippen LogP contribution is -2.54. The molecule has 0 bridgehead atoms. The summed E-state index contributed by atoms with van der Waals surface area (Å²) in [5, 5.41) is 0.380. The Hall–Kier alpha value is -2.57. The van der Waals surface area contributed by atoms with Crippen LogP contribution in [-0.2, 0) is 14.9 Å². The largest absolute Gasteiger partial charge is 0.482 e. The van der Waals surface area contributed by atoms with Crippen molar-refractivity contribution in [1.29, 1.82) is 0 Å². The van der Waals surface area contributed by atoms with E-state index < -0.39 is 15.8 Å². The molecule has 3 rings (SSSR count). The molecular formula is C20H31ClN6O5S. The summed E-state index contributed by atoms with van der Waals surface area (Å²) >= 11 is 6.37. The molecule has 1 amide bonds. The van der Waals surface area contributed by atoms with Gasteiger partial charge in [-0.2, -0.15) is 13.4 Å². The van der Waals surface area contributed by atoms with Gasteiger partial charge in [-0.3, -0.25) is 14.2 Å². The molecule has 1 aromatic rings. The topological polar surface area (TPSA) is 164 Å². The van der Waals surface area contributed by atoms with Gasteiger partial charge >= 0.3 is 0 Å². The molecule has 13 heteroatoms. The fourth-order valence-electron chi connectivity index (χ4n) is 3.37. The van der Waals surface area contributed by atoms with Gasteiger partial charge in [0, 0.05) is 18.8 Å². The average molecular weight is 503 g/mol. The van der Waals surface area contributed by atoms with E-state index in [-0.39, 0.29) is 30.2 Å². The first-order valence-electron chi connectivity index (χ1n) is 10.5. The molecule has 33 heavy (non-hydrogen) atoms. The number of amides is 1. The van der Waals surface area contributed by atoms with Gasteiger partial charge in [0.15, 0.2) is 6.61 Å². The average Bonchev–Trinajstić information content (AvgIpc) is 2.72. The molecule has 1 fully saturated rings. The first-order chi connectivity index (χ1) is 15.3. The van der Waals surface area contributed by atoms with E-state index in [1.54, 1.807) is 23.1 Å². The number of piperidine rings is 1. The molecule has 0 spiro atoms. The van der Waals surface area contributed by atoms with E-state index in [2.05, 4.69) is 9.98 Å². The van der Waals surface area contributed by atoms with Crippen molar-refractivity contribution in [3.05, 3.63) is 23.2 Å². The van der Waals surface area contributed by atoms with Gasteiger partial charge in [0.25, 0.3) is 16.0 Å². The molecule has 2 aliphatic heterocycles. The molecule has 0 aromatic heterocycles. The van der Waals surface area contributed by atoms with Crippen LogP contribution in [0.5, 0.6) is 5.75 Å². The van der Waals surface area contributed by atoms with Gasteiger partial charge in [-0.25, -0.2) is 4.99 Å². The lowest BCUT2D eigenvalue weighted by atomic mass is 10.1. The standard InChI is InChI=1S/C18H25ClN6O2.C2H6O3S/c1-18(2)23-16(20)22-17(21)25(18)12-6-7-14(13(19)10-12)27-11-15(26)24-8-4-3-5-9-24;1-2-6(3,4)5/h6-7,10H,3-5,8-9,11H2,1-2H3,(H4,20,21,22,23);2H2,1H3,(H,3,4,5). The number of likely N-dealkylation sites (tertiary alicyclic amines) is 1. The van der Waals surface area contributed by atoms with Gasteiger partial charge in [0.2, 0.25) is 11.9 Å². The third-order valence-corrected chi connectivity index (χ3v) is 6.02. The van der Waals surface area contributed by atoms with Crippen molar-refractivity contribution in [3.8, 4) is 5.75 Å². The first kappa shape index (κ1) is 26.7. The number of nitrogens with zero attached hydrogens (tertiary/aromatic N) is 4. The van der Waals surface area contributed by atoms with E-state index in [0.29, 0.717) is 16.5 Å². The molecule has 2 heterocycles. The van der Waals surface area contributed by atoms with Crippen molar-refractivity contribution in [2.75, 3.05) is 30.3 Å². The fourth-order valence-corrected chi connectivity index (χ4v) is 3.60. The highest BCUT2D eigenvalue weighted by Gasteiger charge is 2.33. The molecule has 0 aliphatic carbocycles. The number of carbonyl (C=O) groups is 1. The lowest BCUT2D eigenvalue weighted by Gasteiger charge is -2.38. The number of benzene rings is 1. The Kier molecular flexibility index (Phi) is 8.92. The highest BCUT2D eigenvalue weighted by atomic mass is 35.5. The Morgan fingerprint density at radius 2 is 1.85 bits per heavy atom. The van der Waals surface area contributed by atoms with E-state index in [1.807, 2.05) is 18.7 Å². The van der Waals surface area contributed by atoms with Gasteiger partial charge in [-0.05, 0) is 58.2 Å². The number of halogens is 1. The monoisotopic (exact) mass is 502 g/mol. The summed E-state index contributed by atoms with van der Waals surface area (Å²) in [5.74, 6) is 0.591. The molecule has 0 unspecified atom stereocenters. The van der Waals surface area contributed by atoms with Gasteiger partial charge < -0.3 is 21.1 Å². The Morgan fingerprint density at radius 1 is 1.24 bits per heavy atom. The zero-order valence-corrected chi connectivity index (χ0v) is 20.6. The highest BCUT2D eigenvalue weighted by Crippen LogP contribution is 2.33. The summed E-state index contributed by atoms with van der Waals surface area (Å²) < 4.78 is 32.5. The minimum Gasteiger partial charge on any atom is -0.482 e. The second-order valence-electron chi connectivity index (χ2n) is 7.99. The maximum absolute atomic E-state index is 12.2. The van der Waals surface area contributed by atoms with Crippen LogP contribution in [0.15, 0.2) is 28.2 Å². The summed E-state index contributed by atoms with van der Waals surface area (Å²) in [4.78, 5) is 24.2. The van der Waals surface area contributed by atoms with E-state index in [1.165, 1.54) is 13.3 Å². The van der Waals surface area contributed by atoms with Crippen molar-refractivity contribution in [2.45, 2.75) is 45.7 Å². The zero-order valence-electron chi connectivity index (χ0n) is 19.0. The second-order valence-corrected chi connectivity index (χ2v) is 10.1. The number of hydrogen-bond donors (Lipinski definition) is 3. The van der Waals surface area contributed by atoms with Crippen molar-refractivity contribution in [1.82, 2.24) is 4.90 Å². The van der Waals surface area contributed by atoms with E-state index in [4.69, 9.17) is 32.4 Å². The Balaban J connectivity index is 0.000000569. The number of aliphatic imine (C=N–C) groups is 2. The van der Waals surface area contributed by atoms with Crippen molar-refractivity contribution in [3.63, 3.8) is 0 Å². The maximum Gasteiger partial charge on any atom is 0.264 e. The Labute approximate surface area is 199 Å². The van der Waals surface area contributed by atoms with Crippen LogP contribution in [0.4, 0.5) is 5.69 Å². The minimum atomic E-state index is -3.66. The summed E-state index contributed by atoms with van der Waals surface area (Å²) in [6, 6.07) is 5.23. The predicted octanol–water partition coefficient (Wildman–Crippen LogP) is 1.81. The van der Waals surface area contributed by atoms with Crippen LogP contribution in [0.3, 0.4) is 0 Å². The molecule has 0 saturated carbocycles. The quantitative estimate of drug-likeness (QED) is 0.513. The van der Waals surface area contributed by atoms with Gasteiger partial charge in [-0.15, -0.1) is 0 Å². The van der Waals surface area contributed by atoms with Crippen LogP contribution in [0, 0.1) is 0 Å². The van der Waals surface area contributed by atoms with E-state index in [0.717, 1.165) is 25.9 Å². The van der Waals surface area contributed by atoms with Crippen LogP contribution in [0.2, 0.25) is 5.02 Å². The third kappa shape index (κ3) is 7.76. The summed E-state index contributed by atoms with van der Waals surface area (Å²) in [6.07, 6.45) is 3.26. The highest BCUT2D eigenvalue weighted by molar-refractivity contribution is 7.85. The van der Waals surface area contributed by atoms with Crippen LogP contribution >= 0.6 is 11.6 Å². The summed E-state index contributed by atoms with van der Waals surface area (Å²) in [6.45, 7) is 6.67. The van der Waals surface area contributed by atoms with Crippen LogP contribution in [-0.4, -0.2) is 66.8 Å². The van der Waals surface area contributed by atoms with E-state index >= 15 is 0 Å². The van der Waals surface area contributed by atoms with Gasteiger partial charge in [0.1, 0.15) is 11.4 Å². The predicted molar refractivity (Wildman–Crippen MR) is 129 cm³/mol.